The first kappa shape index (κ1) is 15.7. The second kappa shape index (κ2) is 6.16. The smallest absolute Gasteiger partial charge is 0.252 e. The summed E-state index contributed by atoms with van der Waals surface area (Å²) in [4.78, 5) is 12.4. The van der Waals surface area contributed by atoms with E-state index in [2.05, 4.69) is 27.9 Å². The minimum absolute atomic E-state index is 0.175. The SMILES string of the molecule is CC(C)(CNC(=O)c1cc(Cl)ccc1I)C(N)=S. The van der Waals surface area contributed by atoms with E-state index in [0.29, 0.717) is 22.1 Å². The van der Waals surface area contributed by atoms with Crippen LogP contribution in [0.3, 0.4) is 0 Å². The number of amides is 1. The maximum atomic E-state index is 12.0. The first-order valence-corrected chi connectivity index (χ1v) is 7.13. The Bertz CT molecular complexity index is 491. The van der Waals surface area contributed by atoms with Crippen LogP contribution in [0.25, 0.3) is 0 Å². The maximum Gasteiger partial charge on any atom is 0.252 e. The number of carbonyl (C=O) groups is 1. The minimum Gasteiger partial charge on any atom is -0.393 e. The number of benzene rings is 1. The fraction of sp³-hybridized carbons (Fsp3) is 0.333. The summed E-state index contributed by atoms with van der Waals surface area (Å²) in [5.41, 5.74) is 5.76. The third-order valence-corrected chi connectivity index (χ3v) is 4.26. The zero-order valence-corrected chi connectivity index (χ0v) is 13.8. The Labute approximate surface area is 131 Å². The molecule has 3 N–H and O–H groups in total. The highest BCUT2D eigenvalue weighted by Crippen LogP contribution is 2.19. The molecule has 1 aromatic carbocycles. The Morgan fingerprint density at radius 1 is 1.56 bits per heavy atom. The summed E-state index contributed by atoms with van der Waals surface area (Å²) in [5.74, 6) is -0.175. The molecular formula is C12H14ClIN2OS. The van der Waals surface area contributed by atoms with E-state index in [1.807, 2.05) is 13.8 Å². The maximum absolute atomic E-state index is 12.0. The molecule has 0 aliphatic carbocycles. The van der Waals surface area contributed by atoms with Gasteiger partial charge >= 0.3 is 0 Å². The molecule has 0 heterocycles. The van der Waals surface area contributed by atoms with Gasteiger partial charge in [-0.1, -0.05) is 37.7 Å². The Morgan fingerprint density at radius 3 is 2.72 bits per heavy atom. The molecule has 98 valence electrons. The van der Waals surface area contributed by atoms with Crippen LogP contribution < -0.4 is 11.1 Å². The molecule has 0 radical (unpaired) electrons. The molecule has 1 aromatic rings. The molecule has 0 aromatic heterocycles. The van der Waals surface area contributed by atoms with Gasteiger partial charge in [0.1, 0.15) is 0 Å². The van der Waals surface area contributed by atoms with E-state index in [-0.39, 0.29) is 5.91 Å². The van der Waals surface area contributed by atoms with Crippen molar-refractivity contribution in [3.8, 4) is 0 Å². The average molecular weight is 397 g/mol. The number of halogens is 2. The Hall–Kier alpha value is -0.400. The summed E-state index contributed by atoms with van der Waals surface area (Å²) >= 11 is 12.9. The van der Waals surface area contributed by atoms with Crippen LogP contribution in [0.15, 0.2) is 18.2 Å². The van der Waals surface area contributed by atoms with Crippen LogP contribution in [0.5, 0.6) is 0 Å². The Morgan fingerprint density at radius 2 is 2.17 bits per heavy atom. The predicted octanol–water partition coefficient (Wildman–Crippen LogP) is 2.99. The number of rotatable bonds is 4. The van der Waals surface area contributed by atoms with Crippen molar-refractivity contribution < 1.29 is 4.79 Å². The summed E-state index contributed by atoms with van der Waals surface area (Å²) in [6, 6.07) is 5.20. The normalized spacial score (nSPS) is 11.1. The molecule has 0 spiro atoms. The number of thiocarbonyl (C=S) groups is 1. The summed E-state index contributed by atoms with van der Waals surface area (Å²) in [6.07, 6.45) is 0. The lowest BCUT2D eigenvalue weighted by atomic mass is 9.93. The molecule has 18 heavy (non-hydrogen) atoms. The largest absolute Gasteiger partial charge is 0.393 e. The van der Waals surface area contributed by atoms with Crippen molar-refractivity contribution in [2.75, 3.05) is 6.54 Å². The van der Waals surface area contributed by atoms with Gasteiger partial charge in [0, 0.05) is 20.6 Å². The molecule has 0 aliphatic rings. The molecule has 0 fully saturated rings. The van der Waals surface area contributed by atoms with E-state index in [9.17, 15) is 4.79 Å². The van der Waals surface area contributed by atoms with Crippen LogP contribution in [0, 0.1) is 8.99 Å². The van der Waals surface area contributed by atoms with Gasteiger partial charge in [0.25, 0.3) is 5.91 Å². The van der Waals surface area contributed by atoms with E-state index >= 15 is 0 Å². The van der Waals surface area contributed by atoms with E-state index < -0.39 is 5.41 Å². The molecule has 0 atom stereocenters. The Balaban J connectivity index is 2.78. The van der Waals surface area contributed by atoms with E-state index in [1.54, 1.807) is 18.2 Å². The number of hydrogen-bond acceptors (Lipinski definition) is 2. The molecule has 6 heteroatoms. The quantitative estimate of drug-likeness (QED) is 0.608. The molecule has 0 saturated carbocycles. The van der Waals surface area contributed by atoms with Crippen molar-refractivity contribution >= 4 is 57.3 Å². The van der Waals surface area contributed by atoms with Crippen molar-refractivity contribution in [1.82, 2.24) is 5.32 Å². The zero-order chi connectivity index (χ0) is 13.9. The lowest BCUT2D eigenvalue weighted by molar-refractivity contribution is 0.0944. The van der Waals surface area contributed by atoms with Gasteiger partial charge in [-0.3, -0.25) is 4.79 Å². The summed E-state index contributed by atoms with van der Waals surface area (Å²) in [7, 11) is 0. The lowest BCUT2D eigenvalue weighted by Crippen LogP contribution is -2.41. The molecule has 0 unspecified atom stereocenters. The van der Waals surface area contributed by atoms with Crippen molar-refractivity contribution in [3.05, 3.63) is 32.4 Å². The summed E-state index contributed by atoms with van der Waals surface area (Å²) < 4.78 is 0.850. The van der Waals surface area contributed by atoms with Gasteiger partial charge in [0.05, 0.1) is 10.6 Å². The second-order valence-corrected chi connectivity index (χ2v) is 6.59. The molecule has 1 rings (SSSR count). The number of nitrogens with one attached hydrogen (secondary N) is 1. The Kier molecular flexibility index (Phi) is 5.36. The summed E-state index contributed by atoms with van der Waals surface area (Å²) in [6.45, 7) is 4.17. The van der Waals surface area contributed by atoms with E-state index in [0.717, 1.165) is 3.57 Å². The third-order valence-electron chi connectivity index (χ3n) is 2.53. The first-order chi connectivity index (χ1) is 8.24. The van der Waals surface area contributed by atoms with Gasteiger partial charge in [-0.05, 0) is 40.8 Å². The highest BCUT2D eigenvalue weighted by atomic mass is 127. The second-order valence-electron chi connectivity index (χ2n) is 4.55. The van der Waals surface area contributed by atoms with Crippen LogP contribution in [0.1, 0.15) is 24.2 Å². The average Bonchev–Trinajstić information content (AvgIpc) is 2.29. The molecule has 0 saturated heterocycles. The van der Waals surface area contributed by atoms with Crippen LogP contribution >= 0.6 is 46.4 Å². The predicted molar refractivity (Wildman–Crippen MR) is 87.1 cm³/mol. The number of nitrogens with two attached hydrogens (primary N) is 1. The van der Waals surface area contributed by atoms with Gasteiger partial charge in [-0.15, -0.1) is 0 Å². The van der Waals surface area contributed by atoms with Crippen molar-refractivity contribution in [2.24, 2.45) is 11.1 Å². The lowest BCUT2D eigenvalue weighted by Gasteiger charge is -2.23. The van der Waals surface area contributed by atoms with Gasteiger partial charge in [-0.2, -0.15) is 0 Å². The van der Waals surface area contributed by atoms with Crippen molar-refractivity contribution in [2.45, 2.75) is 13.8 Å². The fourth-order valence-electron chi connectivity index (χ4n) is 1.16. The number of hydrogen-bond donors (Lipinski definition) is 2. The number of carbonyl (C=O) groups excluding carboxylic acids is 1. The first-order valence-electron chi connectivity index (χ1n) is 5.27. The molecule has 0 bridgehead atoms. The molecule has 3 nitrogen and oxygen atoms in total. The fourth-order valence-corrected chi connectivity index (χ4v) is 1.98. The van der Waals surface area contributed by atoms with Crippen molar-refractivity contribution in [1.29, 1.82) is 0 Å². The van der Waals surface area contributed by atoms with Crippen LogP contribution in [0.2, 0.25) is 5.02 Å². The van der Waals surface area contributed by atoms with E-state index in [4.69, 9.17) is 29.6 Å². The van der Waals surface area contributed by atoms with Crippen molar-refractivity contribution in [3.63, 3.8) is 0 Å². The highest BCUT2D eigenvalue weighted by Gasteiger charge is 2.22. The third kappa shape index (κ3) is 4.07. The standard InChI is InChI=1S/C12H14ClIN2OS/c1-12(2,11(15)18)6-16-10(17)8-5-7(13)3-4-9(8)14/h3-5H,6H2,1-2H3,(H2,15,18)(H,16,17). The van der Waals surface area contributed by atoms with Crippen LogP contribution in [-0.2, 0) is 0 Å². The van der Waals surface area contributed by atoms with Gasteiger partial charge in [-0.25, -0.2) is 0 Å². The van der Waals surface area contributed by atoms with Gasteiger partial charge in [0.2, 0.25) is 0 Å². The van der Waals surface area contributed by atoms with Gasteiger partial charge < -0.3 is 11.1 Å². The molecule has 0 aliphatic heterocycles. The zero-order valence-electron chi connectivity index (χ0n) is 10.1. The highest BCUT2D eigenvalue weighted by molar-refractivity contribution is 14.1. The topological polar surface area (TPSA) is 55.1 Å². The monoisotopic (exact) mass is 396 g/mol. The van der Waals surface area contributed by atoms with E-state index in [1.165, 1.54) is 0 Å². The summed E-state index contributed by atoms with van der Waals surface area (Å²) in [5, 5.41) is 3.36. The van der Waals surface area contributed by atoms with Crippen LogP contribution in [0.4, 0.5) is 0 Å². The molecular weight excluding hydrogens is 383 g/mol. The molecule has 1 amide bonds. The van der Waals surface area contributed by atoms with Gasteiger partial charge in [0.15, 0.2) is 0 Å². The minimum atomic E-state index is -0.408. The van der Waals surface area contributed by atoms with Crippen LogP contribution in [-0.4, -0.2) is 17.4 Å².